The monoisotopic (exact) mass is 237 g/mol. The third-order valence-electron chi connectivity index (χ3n) is 4.68. The fraction of sp³-hybridized carbons (Fsp3) is 0.929. The summed E-state index contributed by atoms with van der Waals surface area (Å²) in [5.74, 6) is 1.11. The van der Waals surface area contributed by atoms with Gasteiger partial charge in [-0.3, -0.25) is 0 Å². The van der Waals surface area contributed by atoms with Crippen molar-refractivity contribution in [3.05, 3.63) is 0 Å². The van der Waals surface area contributed by atoms with Crippen molar-refractivity contribution >= 4 is 0 Å². The molecule has 1 saturated carbocycles. The van der Waals surface area contributed by atoms with Gasteiger partial charge in [-0.25, -0.2) is 0 Å². The summed E-state index contributed by atoms with van der Waals surface area (Å²) < 4.78 is 5.32. The zero-order chi connectivity index (χ0) is 12.3. The van der Waals surface area contributed by atoms with E-state index in [0.717, 1.165) is 18.8 Å². The molecular weight excluding hydrogens is 214 g/mol. The first-order chi connectivity index (χ1) is 8.18. The van der Waals surface area contributed by atoms with Crippen LogP contribution in [-0.4, -0.2) is 24.4 Å². The van der Waals surface area contributed by atoms with E-state index in [1.165, 1.54) is 12.8 Å². The second kappa shape index (κ2) is 5.37. The second-order valence-electron chi connectivity index (χ2n) is 5.85. The quantitative estimate of drug-likeness (QED) is 0.802. The van der Waals surface area contributed by atoms with E-state index in [4.69, 9.17) is 4.74 Å². The highest BCUT2D eigenvalue weighted by Crippen LogP contribution is 2.42. The molecule has 3 heteroatoms. The minimum absolute atomic E-state index is 0.323. The molecule has 3 nitrogen and oxygen atoms in total. The van der Waals surface area contributed by atoms with Crippen molar-refractivity contribution in [2.24, 2.45) is 17.3 Å². The Morgan fingerprint density at radius 1 is 1.24 bits per heavy atom. The molecule has 17 heavy (non-hydrogen) atoms. The van der Waals surface area contributed by atoms with Crippen molar-refractivity contribution in [2.45, 2.75) is 51.6 Å². The molecule has 1 unspecified atom stereocenters. The van der Waals surface area contributed by atoms with E-state index in [2.05, 4.69) is 13.0 Å². The molecule has 1 heterocycles. The van der Waals surface area contributed by atoms with Gasteiger partial charge in [-0.05, 0) is 37.5 Å². The van der Waals surface area contributed by atoms with Gasteiger partial charge in [0.15, 0.2) is 0 Å². The maximum absolute atomic E-state index is 10.6. The minimum Gasteiger partial charge on any atom is -0.391 e. The van der Waals surface area contributed by atoms with E-state index in [1.807, 2.05) is 0 Å². The Balaban J connectivity index is 2.02. The van der Waals surface area contributed by atoms with E-state index in [0.29, 0.717) is 32.0 Å². The second-order valence-corrected chi connectivity index (χ2v) is 5.85. The maximum Gasteiger partial charge on any atom is 0.0878 e. The molecule has 1 atom stereocenters. The molecule has 96 valence electrons. The van der Waals surface area contributed by atoms with Gasteiger partial charge in [0, 0.05) is 13.2 Å². The Morgan fingerprint density at radius 2 is 1.82 bits per heavy atom. The van der Waals surface area contributed by atoms with Crippen LogP contribution in [0.25, 0.3) is 0 Å². The Morgan fingerprint density at radius 3 is 2.35 bits per heavy atom. The first-order valence-electron chi connectivity index (χ1n) is 6.85. The van der Waals surface area contributed by atoms with Gasteiger partial charge in [0.2, 0.25) is 0 Å². The molecule has 2 fully saturated rings. The highest BCUT2D eigenvalue weighted by atomic mass is 16.5. The summed E-state index contributed by atoms with van der Waals surface area (Å²) in [6.07, 6.45) is 5.47. The van der Waals surface area contributed by atoms with Gasteiger partial charge >= 0.3 is 0 Å². The van der Waals surface area contributed by atoms with E-state index in [-0.39, 0.29) is 0 Å². The molecule has 1 saturated heterocycles. The summed E-state index contributed by atoms with van der Waals surface area (Å²) in [4.78, 5) is 0. The SMILES string of the molecule is CC1CCC(C(O)C2(C#N)CCOCC2)CC1. The average Bonchev–Trinajstić information content (AvgIpc) is 2.39. The third-order valence-corrected chi connectivity index (χ3v) is 4.68. The lowest BCUT2D eigenvalue weighted by Crippen LogP contribution is -2.44. The topological polar surface area (TPSA) is 53.2 Å². The fourth-order valence-electron chi connectivity index (χ4n) is 3.26. The van der Waals surface area contributed by atoms with Crippen LogP contribution in [0.5, 0.6) is 0 Å². The molecule has 2 aliphatic rings. The molecule has 0 aromatic carbocycles. The lowest BCUT2D eigenvalue weighted by Gasteiger charge is -2.40. The lowest BCUT2D eigenvalue weighted by molar-refractivity contribution is -0.0631. The van der Waals surface area contributed by atoms with Crippen molar-refractivity contribution in [3.8, 4) is 6.07 Å². The first-order valence-corrected chi connectivity index (χ1v) is 6.85. The summed E-state index contributed by atoms with van der Waals surface area (Å²) in [6.45, 7) is 3.51. The molecule has 2 rings (SSSR count). The Kier molecular flexibility index (Phi) is 4.06. The van der Waals surface area contributed by atoms with Gasteiger partial charge in [0.1, 0.15) is 0 Å². The van der Waals surface area contributed by atoms with Gasteiger partial charge in [-0.1, -0.05) is 19.8 Å². The third kappa shape index (κ3) is 2.64. The largest absolute Gasteiger partial charge is 0.391 e. The molecule has 1 aliphatic carbocycles. The zero-order valence-electron chi connectivity index (χ0n) is 10.7. The average molecular weight is 237 g/mol. The summed E-state index contributed by atoms with van der Waals surface area (Å²) in [5, 5.41) is 20.0. The molecule has 0 spiro atoms. The predicted molar refractivity (Wildman–Crippen MR) is 65.2 cm³/mol. The predicted octanol–water partition coefficient (Wildman–Crippen LogP) is 2.49. The van der Waals surface area contributed by atoms with Gasteiger partial charge in [0.25, 0.3) is 0 Å². The molecule has 0 radical (unpaired) electrons. The lowest BCUT2D eigenvalue weighted by atomic mass is 9.67. The molecule has 1 N–H and O–H groups in total. The van der Waals surface area contributed by atoms with Gasteiger partial charge in [-0.2, -0.15) is 5.26 Å². The summed E-state index contributed by atoms with van der Waals surface area (Å²) >= 11 is 0. The van der Waals surface area contributed by atoms with Crippen LogP contribution in [0.4, 0.5) is 0 Å². The first kappa shape index (κ1) is 12.9. The van der Waals surface area contributed by atoms with Crippen LogP contribution in [0.15, 0.2) is 0 Å². The smallest absolute Gasteiger partial charge is 0.0878 e. The number of hydrogen-bond donors (Lipinski definition) is 1. The summed E-state index contributed by atoms with van der Waals surface area (Å²) in [5.41, 5.74) is -0.538. The van der Waals surface area contributed by atoms with Crippen LogP contribution < -0.4 is 0 Å². The maximum atomic E-state index is 10.6. The van der Waals surface area contributed by atoms with Crippen molar-refractivity contribution in [2.75, 3.05) is 13.2 Å². The summed E-state index contributed by atoms with van der Waals surface area (Å²) in [6, 6.07) is 2.40. The molecule has 0 amide bonds. The number of ether oxygens (including phenoxy) is 1. The molecule has 0 aromatic rings. The van der Waals surface area contributed by atoms with Gasteiger partial charge < -0.3 is 9.84 Å². The summed E-state index contributed by atoms with van der Waals surface area (Å²) in [7, 11) is 0. The van der Waals surface area contributed by atoms with Crippen LogP contribution in [0.2, 0.25) is 0 Å². The number of hydrogen-bond acceptors (Lipinski definition) is 3. The molecule has 1 aliphatic heterocycles. The van der Waals surface area contributed by atoms with Crippen LogP contribution in [0.3, 0.4) is 0 Å². The number of rotatable bonds is 2. The highest BCUT2D eigenvalue weighted by molar-refractivity contribution is 5.06. The van der Waals surface area contributed by atoms with Gasteiger partial charge in [0.05, 0.1) is 17.6 Å². The van der Waals surface area contributed by atoms with Crippen LogP contribution in [0, 0.1) is 28.6 Å². The van der Waals surface area contributed by atoms with Crippen molar-refractivity contribution in [3.63, 3.8) is 0 Å². The molecular formula is C14H23NO2. The highest BCUT2D eigenvalue weighted by Gasteiger charge is 2.44. The Labute approximate surface area is 104 Å². The standard InChI is InChI=1S/C14H23NO2/c1-11-2-4-12(5-3-11)13(16)14(10-15)6-8-17-9-7-14/h11-13,16H,2-9H2,1H3. The number of nitrogens with zero attached hydrogens (tertiary/aromatic N) is 1. The minimum atomic E-state index is -0.538. The van der Waals surface area contributed by atoms with Crippen molar-refractivity contribution in [1.82, 2.24) is 0 Å². The van der Waals surface area contributed by atoms with E-state index >= 15 is 0 Å². The van der Waals surface area contributed by atoms with Crippen LogP contribution in [0.1, 0.15) is 45.4 Å². The van der Waals surface area contributed by atoms with E-state index in [9.17, 15) is 10.4 Å². The van der Waals surface area contributed by atoms with Gasteiger partial charge in [-0.15, -0.1) is 0 Å². The Hall–Kier alpha value is -0.590. The number of nitriles is 1. The van der Waals surface area contributed by atoms with Crippen molar-refractivity contribution < 1.29 is 9.84 Å². The van der Waals surface area contributed by atoms with Crippen LogP contribution in [-0.2, 0) is 4.74 Å². The number of aliphatic hydroxyl groups excluding tert-OH is 1. The van der Waals surface area contributed by atoms with Crippen LogP contribution >= 0.6 is 0 Å². The molecule has 0 bridgehead atoms. The normalized spacial score (nSPS) is 34.9. The molecule has 0 aromatic heterocycles. The van der Waals surface area contributed by atoms with E-state index in [1.54, 1.807) is 0 Å². The number of aliphatic hydroxyl groups is 1. The van der Waals surface area contributed by atoms with E-state index < -0.39 is 11.5 Å². The Bertz CT molecular complexity index is 283. The van der Waals surface area contributed by atoms with Crippen molar-refractivity contribution in [1.29, 1.82) is 5.26 Å². The zero-order valence-corrected chi connectivity index (χ0v) is 10.7. The fourth-order valence-corrected chi connectivity index (χ4v) is 3.26.